The van der Waals surface area contributed by atoms with Gasteiger partial charge in [0.15, 0.2) is 6.29 Å². The van der Waals surface area contributed by atoms with Crippen molar-refractivity contribution in [3.63, 3.8) is 0 Å². The number of aryl methyl sites for hydroxylation is 2. The number of nitrogens with one attached hydrogen (secondary N) is 2. The monoisotopic (exact) mass is 455 g/mol. The lowest BCUT2D eigenvalue weighted by Gasteiger charge is -2.28. The zero-order valence-corrected chi connectivity index (χ0v) is 19.7. The molecule has 10 heteroatoms. The van der Waals surface area contributed by atoms with Crippen LogP contribution in [0.4, 0.5) is 17.1 Å². The third-order valence-corrected chi connectivity index (χ3v) is 6.13. The number of methoxy groups -OCH3 is 1. The first kappa shape index (κ1) is 22.9. The van der Waals surface area contributed by atoms with Crippen molar-refractivity contribution in [1.29, 1.82) is 0 Å². The number of carbonyl (C=O) groups is 2. The van der Waals surface area contributed by atoms with E-state index in [4.69, 9.17) is 10.5 Å². The molecule has 0 aliphatic carbocycles. The predicted octanol–water partition coefficient (Wildman–Crippen LogP) is 1.75. The van der Waals surface area contributed by atoms with Gasteiger partial charge in [0.25, 0.3) is 5.91 Å². The molecule has 10 nitrogen and oxygen atoms in total. The molecule has 4 N–H and O–H groups in total. The molecule has 0 spiro atoms. The molecule has 2 aliphatic heterocycles. The number of primary amides is 1. The van der Waals surface area contributed by atoms with Gasteiger partial charge in [-0.25, -0.2) is 0 Å². The van der Waals surface area contributed by atoms with E-state index in [9.17, 15) is 9.59 Å². The average molecular weight is 456 g/mol. The normalized spacial score (nSPS) is 19.2. The summed E-state index contributed by atoms with van der Waals surface area (Å²) in [6.45, 7) is 9.67. The van der Waals surface area contributed by atoms with Gasteiger partial charge >= 0.3 is 0 Å². The number of rotatable bonds is 8. The fourth-order valence-corrected chi connectivity index (χ4v) is 4.73. The first-order chi connectivity index (χ1) is 15.8. The van der Waals surface area contributed by atoms with E-state index in [2.05, 4.69) is 32.5 Å². The molecule has 0 fully saturated rings. The van der Waals surface area contributed by atoms with E-state index in [-0.39, 0.29) is 5.91 Å². The molecule has 0 saturated heterocycles. The molecule has 2 aliphatic rings. The van der Waals surface area contributed by atoms with E-state index in [0.29, 0.717) is 30.3 Å². The Balaban J connectivity index is 1.68. The predicted molar refractivity (Wildman–Crippen MR) is 128 cm³/mol. The molecule has 2 aromatic rings. The van der Waals surface area contributed by atoms with Crippen molar-refractivity contribution < 1.29 is 14.3 Å². The minimum atomic E-state index is -0.480. The van der Waals surface area contributed by atoms with Crippen LogP contribution in [0.25, 0.3) is 0 Å². The third kappa shape index (κ3) is 4.47. The Bertz CT molecular complexity index is 1050. The van der Waals surface area contributed by atoms with Gasteiger partial charge in [-0.2, -0.15) is 5.10 Å². The fraction of sp³-hybridized carbons (Fsp3) is 0.522. The van der Waals surface area contributed by atoms with Gasteiger partial charge in [0.05, 0.1) is 22.8 Å². The number of benzene rings is 1. The molecule has 0 saturated carbocycles. The second-order valence-electron chi connectivity index (χ2n) is 8.81. The van der Waals surface area contributed by atoms with E-state index < -0.39 is 12.2 Å². The fourth-order valence-electron chi connectivity index (χ4n) is 4.73. The number of hydrogen-bond donors (Lipinski definition) is 3. The van der Waals surface area contributed by atoms with Crippen molar-refractivity contribution >= 4 is 28.9 Å². The molecule has 4 rings (SSSR count). The van der Waals surface area contributed by atoms with Crippen LogP contribution >= 0.6 is 0 Å². The summed E-state index contributed by atoms with van der Waals surface area (Å²) >= 11 is 0. The Labute approximate surface area is 194 Å². The first-order valence-electron chi connectivity index (χ1n) is 11.4. The minimum Gasteiger partial charge on any atom is -0.385 e. The van der Waals surface area contributed by atoms with Crippen molar-refractivity contribution in [1.82, 2.24) is 15.1 Å². The maximum absolute atomic E-state index is 13.2. The summed E-state index contributed by atoms with van der Waals surface area (Å²) in [5, 5.41) is 10.9. The van der Waals surface area contributed by atoms with E-state index in [1.54, 1.807) is 23.9 Å². The molecule has 1 aromatic carbocycles. The highest BCUT2D eigenvalue weighted by molar-refractivity contribution is 6.01. The third-order valence-electron chi connectivity index (χ3n) is 6.13. The summed E-state index contributed by atoms with van der Waals surface area (Å²) in [7, 11) is 1.70. The molecular formula is C23H33N7O3. The lowest BCUT2D eigenvalue weighted by atomic mass is 10.1. The van der Waals surface area contributed by atoms with Gasteiger partial charge in [0.2, 0.25) is 5.91 Å². The summed E-state index contributed by atoms with van der Waals surface area (Å²) in [5.41, 5.74) is 10.1. The zero-order valence-electron chi connectivity index (χ0n) is 19.7. The molecule has 33 heavy (non-hydrogen) atoms. The lowest BCUT2D eigenvalue weighted by molar-refractivity contribution is 0.0929. The van der Waals surface area contributed by atoms with E-state index in [1.807, 2.05) is 19.9 Å². The molecule has 0 radical (unpaired) electrons. The summed E-state index contributed by atoms with van der Waals surface area (Å²) in [6, 6.07) is 5.42. The summed E-state index contributed by atoms with van der Waals surface area (Å²) < 4.78 is 6.94. The Morgan fingerprint density at radius 2 is 2.09 bits per heavy atom. The second kappa shape index (κ2) is 9.30. The highest BCUT2D eigenvalue weighted by atomic mass is 16.5. The smallest absolute Gasteiger partial charge is 0.272 e. The molecule has 2 atom stereocenters. The van der Waals surface area contributed by atoms with Crippen molar-refractivity contribution in [2.45, 2.75) is 40.0 Å². The number of anilines is 3. The molecule has 178 valence electrons. The Morgan fingerprint density at radius 1 is 1.30 bits per heavy atom. The molecule has 1 aromatic heterocycles. The molecule has 3 heterocycles. The maximum Gasteiger partial charge on any atom is 0.272 e. The van der Waals surface area contributed by atoms with Crippen LogP contribution < -0.4 is 26.2 Å². The van der Waals surface area contributed by atoms with Crippen LogP contribution in [0.3, 0.4) is 0 Å². The van der Waals surface area contributed by atoms with Crippen LogP contribution in [0.1, 0.15) is 46.8 Å². The molecule has 2 unspecified atom stereocenters. The quantitative estimate of drug-likeness (QED) is 0.519. The van der Waals surface area contributed by atoms with E-state index >= 15 is 0 Å². The topological polar surface area (TPSA) is 118 Å². The second-order valence-corrected chi connectivity index (χ2v) is 8.81. The highest BCUT2D eigenvalue weighted by Gasteiger charge is 2.38. The van der Waals surface area contributed by atoms with Gasteiger partial charge in [-0.3, -0.25) is 14.3 Å². The van der Waals surface area contributed by atoms with Crippen molar-refractivity contribution in [2.75, 3.05) is 48.5 Å². The van der Waals surface area contributed by atoms with Gasteiger partial charge in [0, 0.05) is 45.5 Å². The number of amides is 2. The Morgan fingerprint density at radius 3 is 2.79 bits per heavy atom. The van der Waals surface area contributed by atoms with Crippen LogP contribution in [-0.2, 0) is 11.3 Å². The molecule has 0 bridgehead atoms. The van der Waals surface area contributed by atoms with Crippen molar-refractivity contribution in [3.8, 4) is 0 Å². The van der Waals surface area contributed by atoms with Crippen LogP contribution in [0, 0.1) is 12.8 Å². The number of hydrogen-bond acceptors (Lipinski definition) is 7. The van der Waals surface area contributed by atoms with E-state index in [0.717, 1.165) is 48.8 Å². The number of nitrogens with two attached hydrogens (primary N) is 1. The number of aromatic nitrogens is 2. The Kier molecular flexibility index (Phi) is 6.46. The summed E-state index contributed by atoms with van der Waals surface area (Å²) in [4.78, 5) is 29.7. The van der Waals surface area contributed by atoms with Crippen molar-refractivity contribution in [2.24, 2.45) is 11.7 Å². The Hall–Kier alpha value is -3.27. The van der Waals surface area contributed by atoms with Crippen LogP contribution in [0.2, 0.25) is 0 Å². The highest BCUT2D eigenvalue weighted by Crippen LogP contribution is 2.45. The van der Waals surface area contributed by atoms with Gasteiger partial charge in [-0.1, -0.05) is 6.92 Å². The standard InChI is InChI=1S/C23H33N7O3/c1-5-30-19(9-15(3)27-30)22(32)26-23-25-17-10-16(21(24)31)11-18-20(17)29(23)13-14(2)12-28(18)7-6-8-33-4/h9-11,14,23,25H,5-8,12-13H2,1-4H3,(H2,24,31)(H,26,32). The number of carbonyl (C=O) groups excluding carboxylic acids is 2. The zero-order chi connectivity index (χ0) is 23.7. The van der Waals surface area contributed by atoms with Crippen LogP contribution in [-0.4, -0.2) is 61.2 Å². The molecule has 2 amide bonds. The van der Waals surface area contributed by atoms with E-state index in [1.165, 1.54) is 0 Å². The van der Waals surface area contributed by atoms with Crippen LogP contribution in [0.15, 0.2) is 18.2 Å². The van der Waals surface area contributed by atoms with Gasteiger partial charge < -0.3 is 30.9 Å². The lowest BCUT2D eigenvalue weighted by Crippen LogP contribution is -2.51. The maximum atomic E-state index is 13.2. The average Bonchev–Trinajstić information content (AvgIpc) is 3.27. The first-order valence-corrected chi connectivity index (χ1v) is 11.4. The largest absolute Gasteiger partial charge is 0.385 e. The number of ether oxygens (including phenoxy) is 1. The van der Waals surface area contributed by atoms with Gasteiger partial charge in [-0.15, -0.1) is 0 Å². The van der Waals surface area contributed by atoms with Gasteiger partial charge in [-0.05, 0) is 44.4 Å². The summed E-state index contributed by atoms with van der Waals surface area (Å²) in [6.07, 6.45) is 0.420. The summed E-state index contributed by atoms with van der Waals surface area (Å²) in [5.74, 6) is -0.354. The van der Waals surface area contributed by atoms with Crippen LogP contribution in [0.5, 0.6) is 0 Å². The minimum absolute atomic E-state index is 0.201. The molecular weight excluding hydrogens is 422 g/mol. The SMILES string of the molecule is CCn1nc(C)cc1C(=O)NC1Nc2cc(C(N)=O)cc3c2N1CC(C)CN3CCCOC. The van der Waals surface area contributed by atoms with Gasteiger partial charge in [0.1, 0.15) is 5.69 Å². The van der Waals surface area contributed by atoms with Crippen molar-refractivity contribution in [3.05, 3.63) is 35.2 Å². The number of nitrogens with zero attached hydrogens (tertiary/aromatic N) is 4.